The molecule has 0 amide bonds. The Morgan fingerprint density at radius 2 is 2.32 bits per heavy atom. The molecule has 0 bridgehead atoms. The van der Waals surface area contributed by atoms with Gasteiger partial charge in [0.05, 0.1) is 37.9 Å². The molecule has 2 rings (SSSR count). The number of hydrogen-bond donors (Lipinski definition) is 0. The minimum absolute atomic E-state index is 0.195. The molecule has 1 unspecified atom stereocenters. The Labute approximate surface area is 115 Å². The van der Waals surface area contributed by atoms with Crippen molar-refractivity contribution < 1.29 is 9.47 Å². The third-order valence-electron chi connectivity index (χ3n) is 3.19. The Balaban J connectivity index is 1.84. The van der Waals surface area contributed by atoms with Gasteiger partial charge in [-0.1, -0.05) is 13.8 Å². The minimum Gasteiger partial charge on any atom is -0.376 e. The van der Waals surface area contributed by atoms with Gasteiger partial charge in [-0.05, 0) is 13.0 Å². The molecule has 5 heteroatoms. The molecule has 19 heavy (non-hydrogen) atoms. The van der Waals surface area contributed by atoms with Gasteiger partial charge in [0.15, 0.2) is 0 Å². The standard InChI is InChI=1S/C14H25N3O2/c1-12(2)7-17-11-15-6-13(17)8-16(3)9-14-10-18-4-5-19-14/h6,11-12,14H,4-5,7-10H2,1-3H3. The topological polar surface area (TPSA) is 39.5 Å². The van der Waals surface area contributed by atoms with Crippen LogP contribution in [0.4, 0.5) is 0 Å². The van der Waals surface area contributed by atoms with Gasteiger partial charge in [0.25, 0.3) is 0 Å². The quantitative estimate of drug-likeness (QED) is 0.781. The predicted octanol–water partition coefficient (Wildman–Crippen LogP) is 1.39. The van der Waals surface area contributed by atoms with Crippen molar-refractivity contribution in [1.82, 2.24) is 14.5 Å². The Hall–Kier alpha value is -0.910. The molecule has 0 aliphatic carbocycles. The van der Waals surface area contributed by atoms with E-state index < -0.39 is 0 Å². The van der Waals surface area contributed by atoms with E-state index in [0.29, 0.717) is 19.1 Å². The molecule has 0 spiro atoms. The van der Waals surface area contributed by atoms with Crippen molar-refractivity contribution in [2.75, 3.05) is 33.4 Å². The Kier molecular flexibility index (Phi) is 5.36. The molecule has 1 aromatic rings. The zero-order chi connectivity index (χ0) is 13.7. The van der Waals surface area contributed by atoms with Crippen LogP contribution in [0.1, 0.15) is 19.5 Å². The lowest BCUT2D eigenvalue weighted by Gasteiger charge is -2.27. The van der Waals surface area contributed by atoms with Gasteiger partial charge in [0.1, 0.15) is 0 Å². The largest absolute Gasteiger partial charge is 0.376 e. The molecule has 108 valence electrons. The van der Waals surface area contributed by atoms with Crippen LogP contribution in [-0.4, -0.2) is 54.0 Å². The second-order valence-corrected chi connectivity index (χ2v) is 5.70. The number of nitrogens with zero attached hydrogens (tertiary/aromatic N) is 3. The van der Waals surface area contributed by atoms with Crippen LogP contribution in [0.2, 0.25) is 0 Å². The summed E-state index contributed by atoms with van der Waals surface area (Å²) in [4.78, 5) is 6.53. The Bertz CT molecular complexity index is 373. The fourth-order valence-corrected chi connectivity index (χ4v) is 2.37. The first-order valence-electron chi connectivity index (χ1n) is 7.02. The molecule has 1 saturated heterocycles. The van der Waals surface area contributed by atoms with E-state index in [2.05, 4.69) is 35.3 Å². The fourth-order valence-electron chi connectivity index (χ4n) is 2.37. The molecule has 1 atom stereocenters. The average molecular weight is 267 g/mol. The van der Waals surface area contributed by atoms with E-state index in [4.69, 9.17) is 9.47 Å². The lowest BCUT2D eigenvalue weighted by molar-refractivity contribution is -0.0963. The average Bonchev–Trinajstić information content (AvgIpc) is 2.77. The van der Waals surface area contributed by atoms with Gasteiger partial charge in [0, 0.05) is 25.8 Å². The van der Waals surface area contributed by atoms with E-state index in [-0.39, 0.29) is 6.10 Å². The molecular formula is C14H25N3O2. The van der Waals surface area contributed by atoms with Gasteiger partial charge >= 0.3 is 0 Å². The van der Waals surface area contributed by atoms with E-state index in [9.17, 15) is 0 Å². The van der Waals surface area contributed by atoms with Crippen LogP contribution in [0.3, 0.4) is 0 Å². The molecule has 0 N–H and O–H groups in total. The summed E-state index contributed by atoms with van der Waals surface area (Å²) < 4.78 is 13.3. The summed E-state index contributed by atoms with van der Waals surface area (Å²) >= 11 is 0. The second-order valence-electron chi connectivity index (χ2n) is 5.70. The number of ether oxygens (including phenoxy) is 2. The number of hydrogen-bond acceptors (Lipinski definition) is 4. The number of likely N-dealkylation sites (N-methyl/N-ethyl adjacent to an activating group) is 1. The molecule has 5 nitrogen and oxygen atoms in total. The van der Waals surface area contributed by atoms with Crippen molar-refractivity contribution in [3.05, 3.63) is 18.2 Å². The van der Waals surface area contributed by atoms with E-state index in [1.807, 2.05) is 12.5 Å². The molecule has 1 fully saturated rings. The highest BCUT2D eigenvalue weighted by Crippen LogP contribution is 2.09. The summed E-state index contributed by atoms with van der Waals surface area (Å²) in [7, 11) is 2.12. The molecule has 0 saturated carbocycles. The monoisotopic (exact) mass is 267 g/mol. The molecule has 1 aromatic heterocycles. The van der Waals surface area contributed by atoms with E-state index >= 15 is 0 Å². The van der Waals surface area contributed by atoms with Gasteiger partial charge < -0.3 is 14.0 Å². The zero-order valence-corrected chi connectivity index (χ0v) is 12.2. The van der Waals surface area contributed by atoms with Gasteiger partial charge in [-0.2, -0.15) is 0 Å². The van der Waals surface area contributed by atoms with Crippen LogP contribution >= 0.6 is 0 Å². The van der Waals surface area contributed by atoms with Gasteiger partial charge in [-0.3, -0.25) is 4.90 Å². The predicted molar refractivity (Wildman–Crippen MR) is 74.0 cm³/mol. The maximum atomic E-state index is 5.67. The highest BCUT2D eigenvalue weighted by atomic mass is 16.6. The molecule has 2 heterocycles. The van der Waals surface area contributed by atoms with Crippen LogP contribution in [0.5, 0.6) is 0 Å². The maximum Gasteiger partial charge on any atom is 0.0948 e. The van der Waals surface area contributed by atoms with Crippen LogP contribution in [0.25, 0.3) is 0 Å². The summed E-state index contributed by atoms with van der Waals surface area (Å²) in [5.74, 6) is 0.633. The highest BCUT2D eigenvalue weighted by Gasteiger charge is 2.17. The Morgan fingerprint density at radius 1 is 1.47 bits per heavy atom. The van der Waals surface area contributed by atoms with Crippen LogP contribution in [-0.2, 0) is 22.6 Å². The van der Waals surface area contributed by atoms with Crippen LogP contribution in [0, 0.1) is 5.92 Å². The zero-order valence-electron chi connectivity index (χ0n) is 12.2. The molecular weight excluding hydrogens is 242 g/mol. The summed E-state index contributed by atoms with van der Waals surface area (Å²) in [6.45, 7) is 9.40. The number of imidazole rings is 1. The van der Waals surface area contributed by atoms with Gasteiger partial charge in [-0.15, -0.1) is 0 Å². The fraction of sp³-hybridized carbons (Fsp3) is 0.786. The number of aromatic nitrogens is 2. The summed E-state index contributed by atoms with van der Waals surface area (Å²) in [5, 5.41) is 0. The molecule has 1 aliphatic rings. The highest BCUT2D eigenvalue weighted by molar-refractivity contribution is 4.98. The molecule has 0 radical (unpaired) electrons. The van der Waals surface area contributed by atoms with Crippen molar-refractivity contribution in [3.63, 3.8) is 0 Å². The Morgan fingerprint density at radius 3 is 3.00 bits per heavy atom. The van der Waals surface area contributed by atoms with Crippen molar-refractivity contribution in [2.45, 2.75) is 33.0 Å². The normalized spacial score (nSPS) is 20.4. The van der Waals surface area contributed by atoms with Crippen molar-refractivity contribution in [1.29, 1.82) is 0 Å². The van der Waals surface area contributed by atoms with Crippen LogP contribution < -0.4 is 0 Å². The molecule has 0 aromatic carbocycles. The van der Waals surface area contributed by atoms with Crippen molar-refractivity contribution >= 4 is 0 Å². The summed E-state index contributed by atoms with van der Waals surface area (Å²) in [5.41, 5.74) is 1.26. The second kappa shape index (κ2) is 7.03. The van der Waals surface area contributed by atoms with Crippen molar-refractivity contribution in [3.8, 4) is 0 Å². The number of rotatable bonds is 6. The summed E-state index contributed by atoms with van der Waals surface area (Å²) in [6.07, 6.45) is 4.07. The first-order chi connectivity index (χ1) is 9.15. The van der Waals surface area contributed by atoms with E-state index in [1.165, 1.54) is 5.69 Å². The van der Waals surface area contributed by atoms with Gasteiger partial charge in [0.2, 0.25) is 0 Å². The third kappa shape index (κ3) is 4.60. The SMILES string of the molecule is CC(C)Cn1cncc1CN(C)CC1COCCO1. The maximum absolute atomic E-state index is 5.67. The first kappa shape index (κ1) is 14.5. The molecule has 1 aliphatic heterocycles. The van der Waals surface area contributed by atoms with E-state index in [0.717, 1.165) is 26.2 Å². The van der Waals surface area contributed by atoms with E-state index in [1.54, 1.807) is 0 Å². The summed E-state index contributed by atoms with van der Waals surface area (Å²) in [6, 6.07) is 0. The lowest BCUT2D eigenvalue weighted by atomic mass is 10.2. The van der Waals surface area contributed by atoms with Gasteiger partial charge in [-0.25, -0.2) is 4.98 Å². The third-order valence-corrected chi connectivity index (χ3v) is 3.19. The first-order valence-corrected chi connectivity index (χ1v) is 7.02. The van der Waals surface area contributed by atoms with Crippen molar-refractivity contribution in [2.24, 2.45) is 5.92 Å². The lowest BCUT2D eigenvalue weighted by Crippen LogP contribution is -2.38. The minimum atomic E-state index is 0.195. The smallest absolute Gasteiger partial charge is 0.0948 e. The van der Waals surface area contributed by atoms with Crippen LogP contribution in [0.15, 0.2) is 12.5 Å².